The minimum absolute atomic E-state index is 0.791. The molecule has 1 saturated carbocycles. The summed E-state index contributed by atoms with van der Waals surface area (Å²) in [6, 6.07) is 9.74. The molecule has 0 heterocycles. The molecule has 0 radical (unpaired) electrons. The lowest BCUT2D eigenvalue weighted by molar-refractivity contribution is 0.138. The molecule has 0 aliphatic heterocycles. The molecule has 0 atom stereocenters. The first kappa shape index (κ1) is 13.6. The normalized spacial score (nSPS) is 14.9. The maximum atomic E-state index is 5.63. The average Bonchev–Trinajstić information content (AvgIpc) is 3.20. The van der Waals surface area contributed by atoms with Crippen molar-refractivity contribution in [3.8, 4) is 0 Å². The Morgan fingerprint density at radius 1 is 1.06 bits per heavy atom. The van der Waals surface area contributed by atoms with Crippen LogP contribution in [-0.2, 0) is 17.6 Å². The molecule has 0 spiro atoms. The summed E-state index contributed by atoms with van der Waals surface area (Å²) in [7, 11) is 0. The van der Waals surface area contributed by atoms with E-state index in [9.17, 15) is 0 Å². The highest BCUT2D eigenvalue weighted by molar-refractivity contribution is 5.22. The van der Waals surface area contributed by atoms with Gasteiger partial charge in [0.1, 0.15) is 0 Å². The first-order valence-corrected chi connectivity index (χ1v) is 7.27. The van der Waals surface area contributed by atoms with Crippen molar-refractivity contribution >= 4 is 0 Å². The Morgan fingerprint density at radius 3 is 2.33 bits per heavy atom. The van der Waals surface area contributed by atoms with E-state index in [1.807, 2.05) is 0 Å². The zero-order chi connectivity index (χ0) is 12.6. The lowest BCUT2D eigenvalue weighted by Crippen LogP contribution is -2.22. The van der Waals surface area contributed by atoms with Crippen LogP contribution in [0, 0.1) is 0 Å². The number of ether oxygens (including phenoxy) is 1. The third-order valence-electron chi connectivity index (χ3n) is 3.35. The molecule has 1 fully saturated rings. The van der Waals surface area contributed by atoms with Crippen molar-refractivity contribution in [3.63, 3.8) is 0 Å². The van der Waals surface area contributed by atoms with Gasteiger partial charge < -0.3 is 10.1 Å². The van der Waals surface area contributed by atoms with Crippen LogP contribution in [0.5, 0.6) is 0 Å². The summed E-state index contributed by atoms with van der Waals surface area (Å²) in [6.45, 7) is 4.89. The Bertz CT molecular complexity index is 329. The van der Waals surface area contributed by atoms with E-state index in [1.54, 1.807) is 0 Å². The van der Waals surface area contributed by atoms with Crippen LogP contribution in [-0.4, -0.2) is 25.8 Å². The second-order valence-corrected chi connectivity index (χ2v) is 5.16. The van der Waals surface area contributed by atoms with Gasteiger partial charge in [0.2, 0.25) is 0 Å². The van der Waals surface area contributed by atoms with Crippen molar-refractivity contribution in [2.45, 2.75) is 45.1 Å². The summed E-state index contributed by atoms with van der Waals surface area (Å²) in [4.78, 5) is 0. The molecule has 0 amide bonds. The lowest BCUT2D eigenvalue weighted by Gasteiger charge is -2.06. The molecule has 2 rings (SSSR count). The summed E-state index contributed by atoms with van der Waals surface area (Å²) < 4.78 is 5.63. The molecule has 1 aliphatic rings. The van der Waals surface area contributed by atoms with Gasteiger partial charge in [0.05, 0.1) is 13.2 Å². The highest BCUT2D eigenvalue weighted by Crippen LogP contribution is 2.17. The van der Waals surface area contributed by atoms with Crippen molar-refractivity contribution in [1.82, 2.24) is 5.32 Å². The maximum absolute atomic E-state index is 5.63. The van der Waals surface area contributed by atoms with Gasteiger partial charge in [-0.3, -0.25) is 0 Å². The summed E-state index contributed by atoms with van der Waals surface area (Å²) in [5.41, 5.74) is 2.82. The second-order valence-electron chi connectivity index (χ2n) is 5.16. The van der Waals surface area contributed by atoms with E-state index in [4.69, 9.17) is 4.74 Å². The van der Waals surface area contributed by atoms with Crippen LogP contribution in [0.15, 0.2) is 24.3 Å². The highest BCUT2D eigenvalue weighted by atomic mass is 16.5. The van der Waals surface area contributed by atoms with E-state index < -0.39 is 0 Å². The minimum atomic E-state index is 0.791. The van der Waals surface area contributed by atoms with Crippen LogP contribution in [0.4, 0.5) is 0 Å². The topological polar surface area (TPSA) is 21.3 Å². The first-order valence-electron chi connectivity index (χ1n) is 7.27. The molecule has 18 heavy (non-hydrogen) atoms. The van der Waals surface area contributed by atoms with Gasteiger partial charge in [-0.05, 0) is 36.8 Å². The van der Waals surface area contributed by atoms with Gasteiger partial charge >= 0.3 is 0 Å². The average molecular weight is 247 g/mol. The molecule has 1 aliphatic carbocycles. The van der Waals surface area contributed by atoms with E-state index in [0.717, 1.165) is 32.2 Å². The van der Waals surface area contributed by atoms with Crippen molar-refractivity contribution in [3.05, 3.63) is 35.4 Å². The summed E-state index contributed by atoms with van der Waals surface area (Å²) in [6.07, 6.45) is 6.13. The summed E-state index contributed by atoms with van der Waals surface area (Å²) >= 11 is 0. The van der Waals surface area contributed by atoms with Gasteiger partial charge in [-0.1, -0.05) is 37.6 Å². The predicted molar refractivity (Wildman–Crippen MR) is 76.0 cm³/mol. The van der Waals surface area contributed by atoms with Gasteiger partial charge in [-0.25, -0.2) is 0 Å². The van der Waals surface area contributed by atoms with Crippen molar-refractivity contribution in [2.75, 3.05) is 19.8 Å². The van der Waals surface area contributed by atoms with Crippen LogP contribution in [0.3, 0.4) is 0 Å². The number of hydrogen-bond donors (Lipinski definition) is 1. The molecule has 0 unspecified atom stereocenters. The van der Waals surface area contributed by atoms with Gasteiger partial charge in [0.15, 0.2) is 0 Å². The standard InChI is InChI=1S/C16H25NO/c1-2-3-14-4-6-15(7-5-14)10-12-18-13-11-17-16-8-9-16/h4-7,16-17H,2-3,8-13H2,1H3. The Kier molecular flexibility index (Phi) is 5.69. The molecule has 2 heteroatoms. The SMILES string of the molecule is CCCc1ccc(CCOCCNC2CC2)cc1. The van der Waals surface area contributed by atoms with Gasteiger partial charge in [-0.2, -0.15) is 0 Å². The van der Waals surface area contributed by atoms with Crippen molar-refractivity contribution in [1.29, 1.82) is 0 Å². The fourth-order valence-electron chi connectivity index (χ4n) is 2.08. The maximum Gasteiger partial charge on any atom is 0.0591 e. The fourth-order valence-corrected chi connectivity index (χ4v) is 2.08. The molecule has 2 nitrogen and oxygen atoms in total. The third kappa shape index (κ3) is 5.19. The largest absolute Gasteiger partial charge is 0.380 e. The lowest BCUT2D eigenvalue weighted by atomic mass is 10.1. The van der Waals surface area contributed by atoms with E-state index in [-0.39, 0.29) is 0 Å². The van der Waals surface area contributed by atoms with Gasteiger partial charge in [-0.15, -0.1) is 0 Å². The van der Waals surface area contributed by atoms with Crippen LogP contribution in [0.25, 0.3) is 0 Å². The van der Waals surface area contributed by atoms with Crippen LogP contribution in [0.2, 0.25) is 0 Å². The van der Waals surface area contributed by atoms with E-state index in [1.165, 1.54) is 36.8 Å². The molecule has 0 aromatic heterocycles. The zero-order valence-electron chi connectivity index (χ0n) is 11.5. The van der Waals surface area contributed by atoms with Gasteiger partial charge in [0.25, 0.3) is 0 Å². The summed E-state index contributed by atoms with van der Waals surface area (Å²) in [5.74, 6) is 0. The second kappa shape index (κ2) is 7.55. The quantitative estimate of drug-likeness (QED) is 0.677. The molecule has 1 N–H and O–H groups in total. The summed E-state index contributed by atoms with van der Waals surface area (Å²) in [5, 5.41) is 3.45. The van der Waals surface area contributed by atoms with Crippen LogP contribution in [0.1, 0.15) is 37.3 Å². The number of nitrogens with one attached hydrogen (secondary N) is 1. The first-order chi connectivity index (χ1) is 8.88. The van der Waals surface area contributed by atoms with Crippen molar-refractivity contribution < 1.29 is 4.74 Å². The molecule has 100 valence electrons. The zero-order valence-corrected chi connectivity index (χ0v) is 11.5. The predicted octanol–water partition coefficient (Wildman–Crippen LogP) is 2.95. The van der Waals surface area contributed by atoms with E-state index in [0.29, 0.717) is 0 Å². The van der Waals surface area contributed by atoms with Crippen LogP contribution < -0.4 is 5.32 Å². The third-order valence-corrected chi connectivity index (χ3v) is 3.35. The molecular formula is C16H25NO. The molecule has 0 bridgehead atoms. The Labute approximate surface area is 111 Å². The molecule has 1 aromatic carbocycles. The number of hydrogen-bond acceptors (Lipinski definition) is 2. The molecule has 0 saturated heterocycles. The van der Waals surface area contributed by atoms with E-state index in [2.05, 4.69) is 36.5 Å². The number of benzene rings is 1. The Morgan fingerprint density at radius 2 is 1.72 bits per heavy atom. The number of aryl methyl sites for hydroxylation is 1. The molecule has 1 aromatic rings. The fraction of sp³-hybridized carbons (Fsp3) is 0.625. The smallest absolute Gasteiger partial charge is 0.0591 e. The minimum Gasteiger partial charge on any atom is -0.380 e. The monoisotopic (exact) mass is 247 g/mol. The highest BCUT2D eigenvalue weighted by Gasteiger charge is 2.19. The number of rotatable bonds is 9. The molecular weight excluding hydrogens is 222 g/mol. The van der Waals surface area contributed by atoms with Gasteiger partial charge in [0, 0.05) is 12.6 Å². The van der Waals surface area contributed by atoms with E-state index >= 15 is 0 Å². The Balaban J connectivity index is 1.54. The Hall–Kier alpha value is -0.860. The van der Waals surface area contributed by atoms with Crippen LogP contribution >= 0.6 is 0 Å². The van der Waals surface area contributed by atoms with Crippen molar-refractivity contribution in [2.24, 2.45) is 0 Å².